The number of benzene rings is 1. The van der Waals surface area contributed by atoms with Gasteiger partial charge < -0.3 is 0 Å². The van der Waals surface area contributed by atoms with E-state index in [2.05, 4.69) is 0 Å². The first-order chi connectivity index (χ1) is 7.59. The summed E-state index contributed by atoms with van der Waals surface area (Å²) in [5.41, 5.74) is -0.276. The molecule has 1 aromatic carbocycles. The van der Waals surface area contributed by atoms with Crippen molar-refractivity contribution >= 4 is 17.5 Å². The Bertz CT molecular complexity index is 495. The largest absolute Gasteiger partial charge is 0.274 e. The van der Waals surface area contributed by atoms with Crippen molar-refractivity contribution < 1.29 is 18.4 Å². The van der Waals surface area contributed by atoms with Gasteiger partial charge in [-0.2, -0.15) is 0 Å². The van der Waals surface area contributed by atoms with E-state index in [9.17, 15) is 18.4 Å². The van der Waals surface area contributed by atoms with Gasteiger partial charge in [0.05, 0.1) is 17.5 Å². The van der Waals surface area contributed by atoms with Crippen LogP contribution in [-0.4, -0.2) is 11.8 Å². The lowest BCUT2D eigenvalue weighted by Gasteiger charge is -2.16. The Morgan fingerprint density at radius 1 is 1.12 bits per heavy atom. The van der Waals surface area contributed by atoms with Gasteiger partial charge in [0.1, 0.15) is 11.6 Å². The maximum atomic E-state index is 13.4. The van der Waals surface area contributed by atoms with Gasteiger partial charge in [-0.15, -0.1) is 0 Å². The molecular weight excluding hydrogens is 216 g/mol. The number of piperidine rings is 1. The number of fused-ring (bicyclic) bond motifs is 1. The first-order valence-electron chi connectivity index (χ1n) is 4.92. The molecule has 0 spiro atoms. The molecule has 1 saturated carbocycles. The number of carbonyl (C=O) groups is 2. The molecule has 0 N–H and O–H groups in total. The Labute approximate surface area is 89.7 Å². The summed E-state index contributed by atoms with van der Waals surface area (Å²) in [6.07, 6.45) is 0.547. The van der Waals surface area contributed by atoms with Crippen LogP contribution in [0, 0.1) is 23.5 Å². The Kier molecular flexibility index (Phi) is 1.70. The van der Waals surface area contributed by atoms with Crippen molar-refractivity contribution in [3.8, 4) is 0 Å². The summed E-state index contributed by atoms with van der Waals surface area (Å²) in [5.74, 6) is -2.88. The molecule has 2 unspecified atom stereocenters. The van der Waals surface area contributed by atoms with E-state index in [0.717, 1.165) is 23.1 Å². The molecule has 3 nitrogen and oxygen atoms in total. The number of amides is 2. The minimum Gasteiger partial charge on any atom is -0.274 e. The van der Waals surface area contributed by atoms with E-state index in [1.54, 1.807) is 0 Å². The number of hydrogen-bond donors (Lipinski definition) is 0. The highest BCUT2D eigenvalue weighted by Crippen LogP contribution is 2.48. The number of carbonyl (C=O) groups excluding carboxylic acids is 2. The van der Waals surface area contributed by atoms with Gasteiger partial charge in [0.25, 0.3) is 0 Å². The molecule has 1 aliphatic carbocycles. The minimum atomic E-state index is -0.760. The van der Waals surface area contributed by atoms with Crippen LogP contribution < -0.4 is 4.90 Å². The van der Waals surface area contributed by atoms with Gasteiger partial charge in [0.2, 0.25) is 11.8 Å². The lowest BCUT2D eigenvalue weighted by Crippen LogP contribution is -2.33. The van der Waals surface area contributed by atoms with Crippen molar-refractivity contribution in [2.45, 2.75) is 6.42 Å². The number of hydrogen-bond acceptors (Lipinski definition) is 2. The highest BCUT2D eigenvalue weighted by atomic mass is 19.1. The Morgan fingerprint density at radius 3 is 2.38 bits per heavy atom. The predicted molar refractivity (Wildman–Crippen MR) is 50.4 cm³/mol. The first kappa shape index (κ1) is 9.45. The molecule has 2 atom stereocenters. The molecule has 0 aromatic heterocycles. The topological polar surface area (TPSA) is 37.4 Å². The van der Waals surface area contributed by atoms with Gasteiger partial charge in [-0.1, -0.05) is 0 Å². The quantitative estimate of drug-likeness (QED) is 0.676. The number of nitrogens with zero attached hydrogens (tertiary/aromatic N) is 1. The maximum absolute atomic E-state index is 13.4. The summed E-state index contributed by atoms with van der Waals surface area (Å²) in [5, 5.41) is 0. The fraction of sp³-hybridized carbons (Fsp3) is 0.273. The second kappa shape index (κ2) is 2.87. The summed E-state index contributed by atoms with van der Waals surface area (Å²) >= 11 is 0. The summed E-state index contributed by atoms with van der Waals surface area (Å²) in [4.78, 5) is 24.0. The van der Waals surface area contributed by atoms with Crippen LogP contribution >= 0.6 is 0 Å². The van der Waals surface area contributed by atoms with Crippen molar-refractivity contribution in [1.82, 2.24) is 0 Å². The predicted octanol–water partition coefficient (Wildman–Crippen LogP) is 1.47. The molecule has 16 heavy (non-hydrogen) atoms. The van der Waals surface area contributed by atoms with E-state index in [4.69, 9.17) is 0 Å². The number of rotatable bonds is 1. The van der Waals surface area contributed by atoms with Crippen LogP contribution in [0.15, 0.2) is 18.2 Å². The second-order valence-corrected chi connectivity index (χ2v) is 4.06. The van der Waals surface area contributed by atoms with Crippen molar-refractivity contribution in [3.05, 3.63) is 29.8 Å². The molecule has 1 aromatic rings. The highest BCUT2D eigenvalue weighted by Gasteiger charge is 2.59. The monoisotopic (exact) mass is 223 g/mol. The molecule has 0 radical (unpaired) electrons. The zero-order valence-electron chi connectivity index (χ0n) is 8.11. The Balaban J connectivity index is 2.07. The summed E-state index contributed by atoms with van der Waals surface area (Å²) in [6.45, 7) is 0. The molecule has 1 heterocycles. The summed E-state index contributed by atoms with van der Waals surface area (Å²) in [6, 6.07) is 2.73. The number of anilines is 1. The normalized spacial score (nSPS) is 27.2. The lowest BCUT2D eigenvalue weighted by atomic mass is 10.2. The molecule has 1 aliphatic heterocycles. The van der Waals surface area contributed by atoms with Crippen LogP contribution in [0.1, 0.15) is 6.42 Å². The molecule has 5 heteroatoms. The molecule has 82 valence electrons. The minimum absolute atomic E-state index is 0.276. The van der Waals surface area contributed by atoms with Crippen molar-refractivity contribution in [2.24, 2.45) is 11.8 Å². The average molecular weight is 223 g/mol. The zero-order valence-corrected chi connectivity index (χ0v) is 8.11. The van der Waals surface area contributed by atoms with Gasteiger partial charge in [-0.25, -0.2) is 13.7 Å². The van der Waals surface area contributed by atoms with Crippen LogP contribution in [0.5, 0.6) is 0 Å². The smallest absolute Gasteiger partial charge is 0.237 e. The summed E-state index contributed by atoms with van der Waals surface area (Å²) in [7, 11) is 0. The van der Waals surface area contributed by atoms with E-state index in [1.807, 2.05) is 0 Å². The van der Waals surface area contributed by atoms with Crippen molar-refractivity contribution in [1.29, 1.82) is 0 Å². The van der Waals surface area contributed by atoms with E-state index in [0.29, 0.717) is 6.42 Å². The highest BCUT2D eigenvalue weighted by molar-refractivity contribution is 6.24. The van der Waals surface area contributed by atoms with Gasteiger partial charge in [0, 0.05) is 6.07 Å². The molecule has 2 fully saturated rings. The third-order valence-corrected chi connectivity index (χ3v) is 3.01. The fourth-order valence-electron chi connectivity index (χ4n) is 2.08. The van der Waals surface area contributed by atoms with Gasteiger partial charge in [-0.3, -0.25) is 9.59 Å². The average Bonchev–Trinajstić information content (AvgIpc) is 2.98. The molecule has 0 bridgehead atoms. The van der Waals surface area contributed by atoms with Crippen LogP contribution in [0.4, 0.5) is 14.5 Å². The standard InChI is InChI=1S/C11H7F2NO2/c12-5-1-2-8(13)9(3-5)14-10(15)6-4-7(6)11(14)16/h1-3,6-7H,4H2. The Hall–Kier alpha value is -1.78. The third kappa shape index (κ3) is 1.11. The molecule has 3 rings (SSSR count). The van der Waals surface area contributed by atoms with Gasteiger partial charge >= 0.3 is 0 Å². The van der Waals surface area contributed by atoms with E-state index >= 15 is 0 Å². The maximum Gasteiger partial charge on any atom is 0.237 e. The van der Waals surface area contributed by atoms with Gasteiger partial charge in [-0.05, 0) is 18.6 Å². The van der Waals surface area contributed by atoms with Crippen LogP contribution in [0.25, 0.3) is 0 Å². The SMILES string of the molecule is O=C1C2CC2C(=O)N1c1cc(F)ccc1F. The summed E-state index contributed by atoms with van der Waals surface area (Å²) < 4.78 is 26.3. The third-order valence-electron chi connectivity index (χ3n) is 3.01. The molecule has 2 aliphatic rings. The fourth-order valence-corrected chi connectivity index (χ4v) is 2.08. The molecular formula is C11H7F2NO2. The van der Waals surface area contributed by atoms with Gasteiger partial charge in [0.15, 0.2) is 0 Å². The van der Waals surface area contributed by atoms with E-state index in [-0.39, 0.29) is 17.5 Å². The Morgan fingerprint density at radius 2 is 1.75 bits per heavy atom. The molecule has 1 saturated heterocycles. The van der Waals surface area contributed by atoms with Crippen molar-refractivity contribution in [2.75, 3.05) is 4.90 Å². The second-order valence-electron chi connectivity index (χ2n) is 4.06. The van der Waals surface area contributed by atoms with Crippen LogP contribution in [-0.2, 0) is 9.59 Å². The molecule has 2 amide bonds. The number of imide groups is 1. The number of halogens is 2. The van der Waals surface area contributed by atoms with Crippen LogP contribution in [0.3, 0.4) is 0 Å². The van der Waals surface area contributed by atoms with E-state index in [1.165, 1.54) is 0 Å². The van der Waals surface area contributed by atoms with Crippen LogP contribution in [0.2, 0.25) is 0 Å². The van der Waals surface area contributed by atoms with Crippen molar-refractivity contribution in [3.63, 3.8) is 0 Å². The van der Waals surface area contributed by atoms with E-state index < -0.39 is 23.4 Å². The lowest BCUT2D eigenvalue weighted by molar-refractivity contribution is -0.123. The zero-order chi connectivity index (χ0) is 11.4. The first-order valence-corrected chi connectivity index (χ1v) is 4.92.